The van der Waals surface area contributed by atoms with Gasteiger partial charge in [0.2, 0.25) is 0 Å². The minimum absolute atomic E-state index is 0.506. The van der Waals surface area contributed by atoms with Crippen molar-refractivity contribution in [2.24, 2.45) is 0 Å². The van der Waals surface area contributed by atoms with E-state index >= 15 is 0 Å². The summed E-state index contributed by atoms with van der Waals surface area (Å²) in [6.07, 6.45) is 5.81. The SMILES string of the molecule is CSCCC(C)N(C)c1cc(Br)nc(C2CC2)n1. The summed E-state index contributed by atoms with van der Waals surface area (Å²) >= 11 is 5.39. The van der Waals surface area contributed by atoms with Gasteiger partial charge in [-0.3, -0.25) is 0 Å². The molecule has 1 aliphatic carbocycles. The Morgan fingerprint density at radius 2 is 2.22 bits per heavy atom. The van der Waals surface area contributed by atoms with Crippen molar-refractivity contribution in [1.29, 1.82) is 0 Å². The lowest BCUT2D eigenvalue weighted by atomic mass is 10.2. The van der Waals surface area contributed by atoms with Crippen molar-refractivity contribution in [2.45, 2.75) is 38.1 Å². The number of hydrogen-bond donors (Lipinski definition) is 0. The maximum Gasteiger partial charge on any atom is 0.135 e. The van der Waals surface area contributed by atoms with E-state index in [4.69, 9.17) is 4.98 Å². The molecule has 2 rings (SSSR count). The highest BCUT2D eigenvalue weighted by atomic mass is 79.9. The van der Waals surface area contributed by atoms with Crippen LogP contribution in [0.25, 0.3) is 0 Å². The lowest BCUT2D eigenvalue weighted by Gasteiger charge is -2.26. The Labute approximate surface area is 122 Å². The number of halogens is 1. The molecule has 1 fully saturated rings. The third-order valence-electron chi connectivity index (χ3n) is 3.40. The Kier molecular flexibility index (Phi) is 4.90. The van der Waals surface area contributed by atoms with Crippen LogP contribution in [0.2, 0.25) is 0 Å². The summed E-state index contributed by atoms with van der Waals surface area (Å²) in [7, 11) is 2.12. The van der Waals surface area contributed by atoms with Crippen LogP contribution in [0.3, 0.4) is 0 Å². The van der Waals surface area contributed by atoms with Gasteiger partial charge in [-0.1, -0.05) is 0 Å². The minimum Gasteiger partial charge on any atom is -0.357 e. The normalized spacial score (nSPS) is 16.7. The summed E-state index contributed by atoms with van der Waals surface area (Å²) < 4.78 is 0.901. The number of anilines is 1. The van der Waals surface area contributed by atoms with E-state index < -0.39 is 0 Å². The van der Waals surface area contributed by atoms with Crippen molar-refractivity contribution in [3.05, 3.63) is 16.5 Å². The van der Waals surface area contributed by atoms with Crippen molar-refractivity contribution < 1.29 is 0 Å². The largest absolute Gasteiger partial charge is 0.357 e. The standard InChI is InChI=1S/C13H20BrN3S/c1-9(6-7-18-3)17(2)12-8-11(14)15-13(16-12)10-4-5-10/h8-10H,4-7H2,1-3H3. The molecule has 1 aromatic heterocycles. The van der Waals surface area contributed by atoms with Gasteiger partial charge in [0.15, 0.2) is 0 Å². The molecule has 1 aromatic rings. The maximum atomic E-state index is 4.70. The molecule has 1 saturated carbocycles. The molecule has 0 saturated heterocycles. The first-order valence-electron chi connectivity index (χ1n) is 6.38. The monoisotopic (exact) mass is 329 g/mol. The van der Waals surface area contributed by atoms with Crippen LogP contribution in [0.4, 0.5) is 5.82 Å². The lowest BCUT2D eigenvalue weighted by molar-refractivity contribution is 0.658. The summed E-state index contributed by atoms with van der Waals surface area (Å²) in [5.74, 6) is 3.82. The second kappa shape index (κ2) is 6.24. The summed E-state index contributed by atoms with van der Waals surface area (Å²) in [4.78, 5) is 11.4. The van der Waals surface area contributed by atoms with Gasteiger partial charge in [-0.25, -0.2) is 9.97 Å². The predicted octanol–water partition coefficient (Wildman–Crippen LogP) is 3.69. The van der Waals surface area contributed by atoms with E-state index in [2.05, 4.69) is 46.0 Å². The van der Waals surface area contributed by atoms with E-state index in [0.29, 0.717) is 12.0 Å². The highest BCUT2D eigenvalue weighted by Gasteiger charge is 2.27. The molecule has 1 heterocycles. The zero-order valence-electron chi connectivity index (χ0n) is 11.2. The molecule has 0 aromatic carbocycles. The molecule has 0 radical (unpaired) electrons. The van der Waals surface area contributed by atoms with Gasteiger partial charge in [0.05, 0.1) is 0 Å². The highest BCUT2D eigenvalue weighted by molar-refractivity contribution is 9.10. The number of hydrogen-bond acceptors (Lipinski definition) is 4. The van der Waals surface area contributed by atoms with E-state index in [1.54, 1.807) is 0 Å². The van der Waals surface area contributed by atoms with Crippen LogP contribution >= 0.6 is 27.7 Å². The number of aromatic nitrogens is 2. The molecule has 100 valence electrons. The number of thioether (sulfide) groups is 1. The molecule has 5 heteroatoms. The van der Waals surface area contributed by atoms with E-state index in [9.17, 15) is 0 Å². The van der Waals surface area contributed by atoms with Crippen LogP contribution in [0, 0.1) is 0 Å². The van der Waals surface area contributed by atoms with Crippen LogP contribution in [-0.4, -0.2) is 35.1 Å². The van der Waals surface area contributed by atoms with Gasteiger partial charge in [-0.05, 0) is 54.1 Å². The fraction of sp³-hybridized carbons (Fsp3) is 0.692. The Morgan fingerprint density at radius 1 is 1.50 bits per heavy atom. The van der Waals surface area contributed by atoms with Gasteiger partial charge >= 0.3 is 0 Å². The fourth-order valence-electron chi connectivity index (χ4n) is 1.84. The zero-order chi connectivity index (χ0) is 13.1. The van der Waals surface area contributed by atoms with Gasteiger partial charge < -0.3 is 4.90 Å². The molecule has 0 N–H and O–H groups in total. The summed E-state index contributed by atoms with van der Waals surface area (Å²) in [5, 5.41) is 0. The molecular formula is C13H20BrN3S. The van der Waals surface area contributed by atoms with Crippen LogP contribution in [0.5, 0.6) is 0 Å². The second-order valence-corrected chi connectivity index (χ2v) is 6.72. The van der Waals surface area contributed by atoms with Crippen molar-refractivity contribution >= 4 is 33.5 Å². The van der Waals surface area contributed by atoms with E-state index in [1.807, 2.05) is 17.8 Å². The summed E-state index contributed by atoms with van der Waals surface area (Å²) in [6, 6.07) is 2.52. The Hall–Kier alpha value is -0.290. The molecule has 0 amide bonds. The van der Waals surface area contributed by atoms with Crippen LogP contribution in [0.1, 0.15) is 37.9 Å². The smallest absolute Gasteiger partial charge is 0.135 e. The molecule has 1 atom stereocenters. The Morgan fingerprint density at radius 3 is 2.83 bits per heavy atom. The van der Waals surface area contributed by atoms with Gasteiger partial charge in [-0.15, -0.1) is 0 Å². The fourth-order valence-corrected chi connectivity index (χ4v) is 2.80. The van der Waals surface area contributed by atoms with Crippen LogP contribution in [0.15, 0.2) is 10.7 Å². The molecule has 3 nitrogen and oxygen atoms in total. The molecule has 1 aliphatic rings. The molecule has 18 heavy (non-hydrogen) atoms. The van der Waals surface area contributed by atoms with E-state index in [1.165, 1.54) is 25.0 Å². The first-order valence-corrected chi connectivity index (χ1v) is 8.56. The Bertz CT molecular complexity index is 409. The number of rotatable bonds is 6. The Balaban J connectivity index is 2.10. The highest BCUT2D eigenvalue weighted by Crippen LogP contribution is 2.39. The lowest BCUT2D eigenvalue weighted by Crippen LogP contribution is -2.30. The molecule has 0 spiro atoms. The average molecular weight is 330 g/mol. The summed E-state index contributed by atoms with van der Waals surface area (Å²) in [5.41, 5.74) is 0. The van der Waals surface area contributed by atoms with E-state index in [-0.39, 0.29) is 0 Å². The second-order valence-electron chi connectivity index (χ2n) is 4.92. The predicted molar refractivity (Wildman–Crippen MR) is 82.6 cm³/mol. The van der Waals surface area contributed by atoms with Gasteiger partial charge in [-0.2, -0.15) is 11.8 Å². The molecule has 0 bridgehead atoms. The minimum atomic E-state index is 0.506. The zero-order valence-corrected chi connectivity index (χ0v) is 13.6. The quantitative estimate of drug-likeness (QED) is 0.744. The van der Waals surface area contributed by atoms with Gasteiger partial charge in [0, 0.05) is 25.1 Å². The molecule has 1 unspecified atom stereocenters. The van der Waals surface area contributed by atoms with Crippen molar-refractivity contribution in [3.8, 4) is 0 Å². The topological polar surface area (TPSA) is 29.0 Å². The van der Waals surface area contributed by atoms with E-state index in [0.717, 1.165) is 16.2 Å². The van der Waals surface area contributed by atoms with Crippen molar-refractivity contribution in [1.82, 2.24) is 9.97 Å². The first kappa shape index (κ1) is 14.1. The van der Waals surface area contributed by atoms with Crippen molar-refractivity contribution in [2.75, 3.05) is 24.0 Å². The first-order chi connectivity index (χ1) is 8.61. The third-order valence-corrected chi connectivity index (χ3v) is 4.45. The van der Waals surface area contributed by atoms with Crippen LogP contribution in [-0.2, 0) is 0 Å². The van der Waals surface area contributed by atoms with Crippen LogP contribution < -0.4 is 4.90 Å². The summed E-state index contributed by atoms with van der Waals surface area (Å²) in [6.45, 7) is 2.25. The molecular weight excluding hydrogens is 310 g/mol. The average Bonchev–Trinajstić information content (AvgIpc) is 3.18. The molecule has 0 aliphatic heterocycles. The third kappa shape index (κ3) is 3.60. The maximum absolute atomic E-state index is 4.70. The van der Waals surface area contributed by atoms with Gasteiger partial charge in [0.1, 0.15) is 16.2 Å². The van der Waals surface area contributed by atoms with Crippen molar-refractivity contribution in [3.63, 3.8) is 0 Å². The number of nitrogens with zero attached hydrogens (tertiary/aromatic N) is 3. The van der Waals surface area contributed by atoms with Gasteiger partial charge in [0.25, 0.3) is 0 Å².